The summed E-state index contributed by atoms with van der Waals surface area (Å²) in [7, 11) is 0. The molecule has 0 saturated carbocycles. The van der Waals surface area contributed by atoms with E-state index in [1.54, 1.807) is 0 Å². The van der Waals surface area contributed by atoms with Gasteiger partial charge in [-0.2, -0.15) is 0 Å². The van der Waals surface area contributed by atoms with Crippen LogP contribution >= 0.6 is 0 Å². The van der Waals surface area contributed by atoms with Crippen LogP contribution in [-0.4, -0.2) is 68.2 Å². The lowest BCUT2D eigenvalue weighted by Crippen LogP contribution is -2.41. The Balaban J connectivity index is 1.17. The van der Waals surface area contributed by atoms with Gasteiger partial charge in [0, 0.05) is 18.8 Å². The van der Waals surface area contributed by atoms with Crippen molar-refractivity contribution in [2.75, 3.05) is 57.8 Å². The Morgan fingerprint density at radius 2 is 1.53 bits per heavy atom. The Morgan fingerprint density at radius 3 is 2.23 bits per heavy atom. The fourth-order valence-electron chi connectivity index (χ4n) is 4.40. The number of morpholine rings is 1. The van der Waals surface area contributed by atoms with E-state index in [9.17, 15) is 4.79 Å². The van der Waals surface area contributed by atoms with Crippen molar-refractivity contribution in [3.05, 3.63) is 54.6 Å². The van der Waals surface area contributed by atoms with Crippen molar-refractivity contribution >= 4 is 11.6 Å². The van der Waals surface area contributed by atoms with Gasteiger partial charge in [-0.05, 0) is 68.1 Å². The molecule has 30 heavy (non-hydrogen) atoms. The number of benzene rings is 2. The van der Waals surface area contributed by atoms with Crippen LogP contribution in [0.3, 0.4) is 0 Å². The number of hydrogen-bond donors (Lipinski definition) is 1. The molecule has 2 heterocycles. The number of hydrogen-bond acceptors (Lipinski definition) is 4. The fraction of sp³-hybridized carbons (Fsp3) is 0.480. The molecule has 0 radical (unpaired) electrons. The summed E-state index contributed by atoms with van der Waals surface area (Å²) in [5, 5.41) is 3.05. The maximum absolute atomic E-state index is 12.5. The number of carbonyl (C=O) groups is 1. The Bertz CT molecular complexity index is 780. The van der Waals surface area contributed by atoms with Crippen LogP contribution in [0.4, 0.5) is 5.69 Å². The van der Waals surface area contributed by atoms with Crippen LogP contribution in [0.25, 0.3) is 11.1 Å². The molecule has 0 aromatic heterocycles. The molecule has 0 bridgehead atoms. The minimum absolute atomic E-state index is 0.0780. The maximum atomic E-state index is 12.5. The molecule has 0 unspecified atom stereocenters. The molecule has 2 aliphatic heterocycles. The molecular weight excluding hydrogens is 374 g/mol. The van der Waals surface area contributed by atoms with E-state index < -0.39 is 0 Å². The van der Waals surface area contributed by atoms with Crippen LogP contribution in [0, 0.1) is 5.92 Å². The zero-order valence-corrected chi connectivity index (χ0v) is 17.8. The summed E-state index contributed by atoms with van der Waals surface area (Å²) in [6.07, 6.45) is 3.67. The van der Waals surface area contributed by atoms with Gasteiger partial charge < -0.3 is 10.1 Å². The molecule has 2 fully saturated rings. The highest BCUT2D eigenvalue weighted by molar-refractivity contribution is 5.92. The number of anilines is 1. The first-order valence-corrected chi connectivity index (χ1v) is 11.2. The van der Waals surface area contributed by atoms with Crippen LogP contribution in [-0.2, 0) is 9.53 Å². The molecule has 1 N–H and O–H groups in total. The molecule has 0 aliphatic carbocycles. The number of piperidine rings is 1. The van der Waals surface area contributed by atoms with E-state index in [-0.39, 0.29) is 5.91 Å². The number of ether oxygens (including phenoxy) is 1. The molecule has 2 aromatic carbocycles. The second kappa shape index (κ2) is 10.7. The lowest BCUT2D eigenvalue weighted by atomic mass is 9.93. The van der Waals surface area contributed by atoms with Gasteiger partial charge in [-0.3, -0.25) is 14.6 Å². The van der Waals surface area contributed by atoms with Crippen LogP contribution in [0.15, 0.2) is 54.6 Å². The van der Waals surface area contributed by atoms with Crippen molar-refractivity contribution in [2.24, 2.45) is 5.92 Å². The van der Waals surface area contributed by atoms with Gasteiger partial charge in [-0.1, -0.05) is 42.5 Å². The second-order valence-corrected chi connectivity index (χ2v) is 8.45. The Kier molecular flexibility index (Phi) is 7.51. The number of amides is 1. The molecule has 5 heteroatoms. The van der Waals surface area contributed by atoms with Gasteiger partial charge in [-0.15, -0.1) is 0 Å². The number of rotatable bonds is 7. The number of likely N-dealkylation sites (tertiary alicyclic amines) is 1. The van der Waals surface area contributed by atoms with Gasteiger partial charge in [0.2, 0.25) is 5.91 Å². The van der Waals surface area contributed by atoms with Crippen molar-refractivity contribution in [2.45, 2.75) is 19.3 Å². The quantitative estimate of drug-likeness (QED) is 0.760. The molecule has 5 nitrogen and oxygen atoms in total. The lowest BCUT2D eigenvalue weighted by Gasteiger charge is -2.33. The van der Waals surface area contributed by atoms with Gasteiger partial charge >= 0.3 is 0 Å². The Morgan fingerprint density at radius 1 is 0.867 bits per heavy atom. The van der Waals surface area contributed by atoms with Gasteiger partial charge in [0.25, 0.3) is 0 Å². The summed E-state index contributed by atoms with van der Waals surface area (Å²) in [4.78, 5) is 17.3. The van der Waals surface area contributed by atoms with Crippen molar-refractivity contribution in [1.82, 2.24) is 9.80 Å². The highest BCUT2D eigenvalue weighted by atomic mass is 16.5. The summed E-state index contributed by atoms with van der Waals surface area (Å²) in [5.74, 6) is 0.868. The third kappa shape index (κ3) is 6.14. The first-order valence-electron chi connectivity index (χ1n) is 11.2. The lowest BCUT2D eigenvalue weighted by molar-refractivity contribution is -0.117. The standard InChI is InChI=1S/C25H33N3O2/c29-25(26-24-8-6-23(7-9-24)22-4-2-1-3-5-22)20-28-14-11-21(12-15-28)10-13-27-16-18-30-19-17-27/h1-9,21H,10-20H2,(H,26,29). The largest absolute Gasteiger partial charge is 0.379 e. The maximum Gasteiger partial charge on any atom is 0.238 e. The fourth-order valence-corrected chi connectivity index (χ4v) is 4.40. The Labute approximate surface area is 180 Å². The van der Waals surface area contributed by atoms with Crippen LogP contribution < -0.4 is 5.32 Å². The van der Waals surface area contributed by atoms with E-state index in [1.165, 1.54) is 31.4 Å². The first kappa shape index (κ1) is 21.0. The minimum Gasteiger partial charge on any atom is -0.379 e. The van der Waals surface area contributed by atoms with E-state index >= 15 is 0 Å². The molecule has 2 saturated heterocycles. The molecule has 0 atom stereocenters. The zero-order valence-electron chi connectivity index (χ0n) is 17.8. The van der Waals surface area contributed by atoms with Gasteiger partial charge in [0.05, 0.1) is 19.8 Å². The highest BCUT2D eigenvalue weighted by Crippen LogP contribution is 2.22. The average molecular weight is 408 g/mol. The number of nitrogens with zero attached hydrogens (tertiary/aromatic N) is 2. The second-order valence-electron chi connectivity index (χ2n) is 8.45. The third-order valence-corrected chi connectivity index (χ3v) is 6.31. The molecular formula is C25H33N3O2. The van der Waals surface area contributed by atoms with E-state index in [0.717, 1.165) is 56.6 Å². The minimum atomic E-state index is 0.0780. The van der Waals surface area contributed by atoms with Crippen LogP contribution in [0.5, 0.6) is 0 Å². The molecule has 0 spiro atoms. The number of carbonyl (C=O) groups excluding carboxylic acids is 1. The topological polar surface area (TPSA) is 44.8 Å². The monoisotopic (exact) mass is 407 g/mol. The van der Waals surface area contributed by atoms with Gasteiger partial charge in [0.15, 0.2) is 0 Å². The van der Waals surface area contributed by atoms with E-state index in [0.29, 0.717) is 6.54 Å². The molecule has 2 aromatic rings. The number of nitrogens with one attached hydrogen (secondary N) is 1. The molecule has 160 valence electrons. The average Bonchev–Trinajstić information content (AvgIpc) is 2.80. The zero-order chi connectivity index (χ0) is 20.6. The van der Waals surface area contributed by atoms with Crippen molar-refractivity contribution < 1.29 is 9.53 Å². The predicted octanol–water partition coefficient (Wildman–Crippen LogP) is 3.73. The van der Waals surface area contributed by atoms with Crippen molar-refractivity contribution in [3.8, 4) is 11.1 Å². The summed E-state index contributed by atoms with van der Waals surface area (Å²) < 4.78 is 5.42. The first-order chi connectivity index (χ1) is 14.8. The summed E-state index contributed by atoms with van der Waals surface area (Å²) in [5.41, 5.74) is 3.21. The summed E-state index contributed by atoms with van der Waals surface area (Å²) in [6.45, 7) is 7.62. The van der Waals surface area contributed by atoms with Gasteiger partial charge in [-0.25, -0.2) is 0 Å². The Hall–Kier alpha value is -2.21. The van der Waals surface area contributed by atoms with E-state index in [4.69, 9.17) is 4.74 Å². The molecule has 1 amide bonds. The van der Waals surface area contributed by atoms with Crippen LogP contribution in [0.2, 0.25) is 0 Å². The molecule has 4 rings (SSSR count). The smallest absolute Gasteiger partial charge is 0.238 e. The predicted molar refractivity (Wildman–Crippen MR) is 122 cm³/mol. The van der Waals surface area contributed by atoms with Crippen LogP contribution in [0.1, 0.15) is 19.3 Å². The van der Waals surface area contributed by atoms with E-state index in [2.05, 4.69) is 39.4 Å². The third-order valence-electron chi connectivity index (χ3n) is 6.31. The SMILES string of the molecule is O=C(CN1CCC(CCN2CCOCC2)CC1)Nc1ccc(-c2ccccc2)cc1. The molecule has 2 aliphatic rings. The summed E-state index contributed by atoms with van der Waals surface area (Å²) in [6, 6.07) is 18.4. The normalized spacial score (nSPS) is 18.9. The van der Waals surface area contributed by atoms with Gasteiger partial charge in [0.1, 0.15) is 0 Å². The van der Waals surface area contributed by atoms with E-state index in [1.807, 2.05) is 30.3 Å². The van der Waals surface area contributed by atoms with Crippen molar-refractivity contribution in [3.63, 3.8) is 0 Å². The summed E-state index contributed by atoms with van der Waals surface area (Å²) >= 11 is 0. The van der Waals surface area contributed by atoms with Crippen molar-refractivity contribution in [1.29, 1.82) is 0 Å². The highest BCUT2D eigenvalue weighted by Gasteiger charge is 2.22.